The van der Waals surface area contributed by atoms with Crippen LogP contribution in [0.3, 0.4) is 0 Å². The lowest BCUT2D eigenvalue weighted by Gasteiger charge is -2.31. The first-order valence-electron chi connectivity index (χ1n) is 7.93. The Kier molecular flexibility index (Phi) is 5.45. The average molecular weight is 260 g/mol. The zero-order valence-electron chi connectivity index (χ0n) is 12.4. The molecule has 0 aromatic heterocycles. The normalized spacial score (nSPS) is 25.2. The Morgan fingerprint density at radius 2 is 1.84 bits per heavy atom. The monoisotopic (exact) mass is 260 g/mol. The van der Waals surface area contributed by atoms with Crippen molar-refractivity contribution in [3.63, 3.8) is 0 Å². The number of rotatable bonds is 5. The van der Waals surface area contributed by atoms with Crippen LogP contribution in [0.1, 0.15) is 56.6 Å². The van der Waals surface area contributed by atoms with Crippen LogP contribution in [-0.2, 0) is 6.42 Å². The maximum Gasteiger partial charge on any atom is 0.0608 e. The van der Waals surface area contributed by atoms with E-state index < -0.39 is 0 Å². The number of hydrogen-bond acceptors (Lipinski definition) is 1. The van der Waals surface area contributed by atoms with E-state index in [2.05, 4.69) is 38.1 Å². The van der Waals surface area contributed by atoms with E-state index in [1.54, 1.807) is 0 Å². The van der Waals surface area contributed by atoms with Gasteiger partial charge in [0, 0.05) is 0 Å². The van der Waals surface area contributed by atoms with Gasteiger partial charge in [-0.2, -0.15) is 0 Å². The number of aliphatic hydroxyl groups is 1. The number of hydrogen-bond donors (Lipinski definition) is 1. The molecule has 1 aromatic carbocycles. The van der Waals surface area contributed by atoms with Gasteiger partial charge in [-0.25, -0.2) is 0 Å². The van der Waals surface area contributed by atoms with Crippen molar-refractivity contribution in [3.05, 3.63) is 35.4 Å². The molecule has 1 atom stereocenters. The highest BCUT2D eigenvalue weighted by molar-refractivity contribution is 5.26. The molecule has 1 heteroatoms. The summed E-state index contributed by atoms with van der Waals surface area (Å²) < 4.78 is 0. The van der Waals surface area contributed by atoms with Crippen LogP contribution in [0.2, 0.25) is 0 Å². The van der Waals surface area contributed by atoms with Gasteiger partial charge in [-0.3, -0.25) is 0 Å². The molecule has 1 fully saturated rings. The van der Waals surface area contributed by atoms with E-state index in [0.717, 1.165) is 12.3 Å². The second-order valence-corrected chi connectivity index (χ2v) is 6.27. The first-order chi connectivity index (χ1) is 9.20. The lowest BCUT2D eigenvalue weighted by atomic mass is 9.76. The molecule has 106 valence electrons. The Morgan fingerprint density at radius 1 is 1.16 bits per heavy atom. The second-order valence-electron chi connectivity index (χ2n) is 6.27. The van der Waals surface area contributed by atoms with Gasteiger partial charge < -0.3 is 5.11 Å². The first kappa shape index (κ1) is 14.6. The molecule has 1 aliphatic rings. The zero-order chi connectivity index (χ0) is 13.7. The van der Waals surface area contributed by atoms with Crippen LogP contribution in [-0.4, -0.2) is 11.2 Å². The van der Waals surface area contributed by atoms with Crippen molar-refractivity contribution in [2.24, 2.45) is 11.8 Å². The molecule has 1 unspecified atom stereocenters. The van der Waals surface area contributed by atoms with Crippen molar-refractivity contribution >= 4 is 0 Å². The van der Waals surface area contributed by atoms with E-state index in [4.69, 9.17) is 0 Å². The molecular formula is C18H28O. The van der Waals surface area contributed by atoms with Gasteiger partial charge in [0.1, 0.15) is 0 Å². The van der Waals surface area contributed by atoms with Crippen molar-refractivity contribution in [1.29, 1.82) is 0 Å². The van der Waals surface area contributed by atoms with Crippen molar-refractivity contribution in [2.75, 3.05) is 0 Å². The molecule has 0 saturated heterocycles. The number of benzene rings is 1. The summed E-state index contributed by atoms with van der Waals surface area (Å²) >= 11 is 0. The maximum atomic E-state index is 10.5. The summed E-state index contributed by atoms with van der Waals surface area (Å²) in [4.78, 5) is 0. The second kappa shape index (κ2) is 7.09. The molecule has 0 amide bonds. The molecule has 0 radical (unpaired) electrons. The van der Waals surface area contributed by atoms with E-state index in [9.17, 15) is 5.11 Å². The fourth-order valence-electron chi connectivity index (χ4n) is 3.50. The smallest absolute Gasteiger partial charge is 0.0608 e. The highest BCUT2D eigenvalue weighted by Crippen LogP contribution is 2.34. The van der Waals surface area contributed by atoms with Crippen LogP contribution in [0.15, 0.2) is 24.3 Å². The molecule has 1 aromatic rings. The Bertz CT molecular complexity index is 377. The van der Waals surface area contributed by atoms with Crippen molar-refractivity contribution in [1.82, 2.24) is 0 Å². The SMILES string of the molecule is CCCC1CCC(C(O)Cc2ccccc2C)CC1. The van der Waals surface area contributed by atoms with E-state index in [1.807, 2.05) is 0 Å². The van der Waals surface area contributed by atoms with Crippen LogP contribution >= 0.6 is 0 Å². The van der Waals surface area contributed by atoms with Gasteiger partial charge in [-0.15, -0.1) is 0 Å². The van der Waals surface area contributed by atoms with Gasteiger partial charge in [0.2, 0.25) is 0 Å². The van der Waals surface area contributed by atoms with E-state index in [-0.39, 0.29) is 6.10 Å². The Hall–Kier alpha value is -0.820. The van der Waals surface area contributed by atoms with Gasteiger partial charge in [0.15, 0.2) is 0 Å². The molecule has 1 saturated carbocycles. The molecule has 19 heavy (non-hydrogen) atoms. The highest BCUT2D eigenvalue weighted by atomic mass is 16.3. The molecule has 0 aliphatic heterocycles. The van der Waals surface area contributed by atoms with Crippen molar-refractivity contribution in [3.8, 4) is 0 Å². The van der Waals surface area contributed by atoms with Crippen LogP contribution in [0.4, 0.5) is 0 Å². The molecule has 0 bridgehead atoms. The lowest BCUT2D eigenvalue weighted by molar-refractivity contribution is 0.0727. The minimum Gasteiger partial charge on any atom is -0.392 e. The minimum atomic E-state index is -0.149. The van der Waals surface area contributed by atoms with Crippen LogP contribution < -0.4 is 0 Å². The van der Waals surface area contributed by atoms with Crippen LogP contribution in [0.5, 0.6) is 0 Å². The predicted molar refractivity (Wildman–Crippen MR) is 81.2 cm³/mol. The standard InChI is InChI=1S/C18H28O/c1-3-6-15-9-11-16(12-10-15)18(19)13-17-8-5-4-7-14(17)2/h4-5,7-8,15-16,18-19H,3,6,9-13H2,1-2H3. The highest BCUT2D eigenvalue weighted by Gasteiger charge is 2.26. The lowest BCUT2D eigenvalue weighted by Crippen LogP contribution is -2.27. The molecule has 1 aliphatic carbocycles. The third kappa shape index (κ3) is 4.07. The summed E-state index contributed by atoms with van der Waals surface area (Å²) in [7, 11) is 0. The van der Waals surface area contributed by atoms with Gasteiger partial charge in [-0.05, 0) is 49.1 Å². The molecule has 0 heterocycles. The van der Waals surface area contributed by atoms with Gasteiger partial charge in [0.05, 0.1) is 6.10 Å². The number of aryl methyl sites for hydroxylation is 1. The first-order valence-corrected chi connectivity index (χ1v) is 7.93. The third-order valence-electron chi connectivity index (χ3n) is 4.82. The molecule has 1 nitrogen and oxygen atoms in total. The van der Waals surface area contributed by atoms with Crippen LogP contribution in [0, 0.1) is 18.8 Å². The summed E-state index contributed by atoms with van der Waals surface area (Å²) in [5, 5.41) is 10.5. The molecule has 0 spiro atoms. The predicted octanol–water partition coefficient (Wildman–Crippen LogP) is 4.50. The molecular weight excluding hydrogens is 232 g/mol. The molecule has 1 N–H and O–H groups in total. The fraction of sp³-hybridized carbons (Fsp3) is 0.667. The quantitative estimate of drug-likeness (QED) is 0.826. The van der Waals surface area contributed by atoms with Gasteiger partial charge >= 0.3 is 0 Å². The summed E-state index contributed by atoms with van der Waals surface area (Å²) in [6.07, 6.45) is 8.45. The van der Waals surface area contributed by atoms with Gasteiger partial charge in [0.25, 0.3) is 0 Å². The topological polar surface area (TPSA) is 20.2 Å². The zero-order valence-corrected chi connectivity index (χ0v) is 12.4. The Morgan fingerprint density at radius 3 is 2.47 bits per heavy atom. The van der Waals surface area contributed by atoms with Crippen LogP contribution in [0.25, 0.3) is 0 Å². The van der Waals surface area contributed by atoms with Crippen molar-refractivity contribution < 1.29 is 5.11 Å². The fourth-order valence-corrected chi connectivity index (χ4v) is 3.50. The largest absolute Gasteiger partial charge is 0.392 e. The minimum absolute atomic E-state index is 0.149. The van der Waals surface area contributed by atoms with E-state index in [1.165, 1.54) is 49.7 Å². The third-order valence-corrected chi connectivity index (χ3v) is 4.82. The summed E-state index contributed by atoms with van der Waals surface area (Å²) in [6, 6.07) is 8.44. The maximum absolute atomic E-state index is 10.5. The Labute approximate surface area is 118 Å². The van der Waals surface area contributed by atoms with Crippen molar-refractivity contribution in [2.45, 2.75) is 64.9 Å². The summed E-state index contributed by atoms with van der Waals surface area (Å²) in [6.45, 7) is 4.42. The van der Waals surface area contributed by atoms with E-state index >= 15 is 0 Å². The molecule has 2 rings (SSSR count). The average Bonchev–Trinajstić information content (AvgIpc) is 2.42. The number of aliphatic hydroxyl groups excluding tert-OH is 1. The Balaban J connectivity index is 1.85. The summed E-state index contributed by atoms with van der Waals surface area (Å²) in [5.74, 6) is 1.44. The summed E-state index contributed by atoms with van der Waals surface area (Å²) in [5.41, 5.74) is 2.62. The van der Waals surface area contributed by atoms with E-state index in [0.29, 0.717) is 5.92 Å². The van der Waals surface area contributed by atoms with Gasteiger partial charge in [-0.1, -0.05) is 56.9 Å².